The molecule has 0 heterocycles. The maximum absolute atomic E-state index is 9.87. The molecule has 0 fully saturated rings. The molecule has 0 aliphatic carbocycles. The third-order valence-corrected chi connectivity index (χ3v) is 2.85. The largest absolute Gasteiger partial charge is 0.396 e. The fourth-order valence-corrected chi connectivity index (χ4v) is 1.77. The van der Waals surface area contributed by atoms with Gasteiger partial charge in [-0.15, -0.1) is 0 Å². The second-order valence-corrected chi connectivity index (χ2v) is 4.46. The summed E-state index contributed by atoms with van der Waals surface area (Å²) in [7, 11) is 0. The number of aliphatic hydroxyl groups excluding tert-OH is 3. The Morgan fingerprint density at radius 1 is 1.00 bits per heavy atom. The zero-order valence-electron chi connectivity index (χ0n) is 10.6. The van der Waals surface area contributed by atoms with Crippen molar-refractivity contribution in [2.75, 3.05) is 19.7 Å². The molecular formula is C14H23NO3. The Bertz CT molecular complexity index is 305. The van der Waals surface area contributed by atoms with Gasteiger partial charge in [0.2, 0.25) is 0 Å². The summed E-state index contributed by atoms with van der Waals surface area (Å²) in [5, 5.41) is 31.2. The normalized spacial score (nSPS) is 14.4. The van der Waals surface area contributed by atoms with Gasteiger partial charge in [-0.2, -0.15) is 0 Å². The van der Waals surface area contributed by atoms with Crippen LogP contribution in [0.25, 0.3) is 0 Å². The first-order valence-corrected chi connectivity index (χ1v) is 6.46. The summed E-state index contributed by atoms with van der Waals surface area (Å²) in [6.45, 7) is 1.07. The lowest BCUT2D eigenvalue weighted by Crippen LogP contribution is -2.30. The predicted molar refractivity (Wildman–Crippen MR) is 71.2 cm³/mol. The highest BCUT2D eigenvalue weighted by molar-refractivity contribution is 5.17. The fourth-order valence-electron chi connectivity index (χ4n) is 1.77. The van der Waals surface area contributed by atoms with Crippen molar-refractivity contribution < 1.29 is 15.3 Å². The molecule has 0 radical (unpaired) electrons. The minimum Gasteiger partial charge on any atom is -0.396 e. The first-order valence-electron chi connectivity index (χ1n) is 6.46. The Morgan fingerprint density at radius 2 is 1.72 bits per heavy atom. The maximum atomic E-state index is 9.87. The van der Waals surface area contributed by atoms with Crippen molar-refractivity contribution >= 4 is 0 Å². The number of rotatable bonds is 9. The minimum absolute atomic E-state index is 0.173. The number of hydrogen-bond acceptors (Lipinski definition) is 4. The van der Waals surface area contributed by atoms with Gasteiger partial charge in [0.05, 0.1) is 12.2 Å². The number of hydrogen-bond donors (Lipinski definition) is 4. The second kappa shape index (κ2) is 9.05. The molecule has 18 heavy (non-hydrogen) atoms. The molecule has 0 saturated heterocycles. The summed E-state index contributed by atoms with van der Waals surface area (Å²) in [4.78, 5) is 0. The molecule has 1 aromatic carbocycles. The van der Waals surface area contributed by atoms with Gasteiger partial charge in [-0.05, 0) is 24.8 Å². The predicted octanol–water partition coefficient (Wildman–Crippen LogP) is 0.833. The van der Waals surface area contributed by atoms with E-state index >= 15 is 0 Å². The topological polar surface area (TPSA) is 72.7 Å². The average molecular weight is 253 g/mol. The summed E-state index contributed by atoms with van der Waals surface area (Å²) in [5.74, 6) is 0. The van der Waals surface area contributed by atoms with Gasteiger partial charge in [-0.1, -0.05) is 30.3 Å². The van der Waals surface area contributed by atoms with Gasteiger partial charge in [-0.3, -0.25) is 0 Å². The first-order chi connectivity index (χ1) is 8.74. The Labute approximate surface area is 108 Å². The van der Waals surface area contributed by atoms with E-state index < -0.39 is 12.2 Å². The SMILES string of the molecule is OCCCCC(O)CNCC(O)c1ccccc1. The molecular weight excluding hydrogens is 230 g/mol. The standard InChI is InChI=1S/C14H23NO3/c16-9-5-4-8-13(17)10-15-11-14(18)12-6-2-1-3-7-12/h1-3,6-7,13-18H,4-5,8-11H2. The molecule has 4 N–H and O–H groups in total. The Balaban J connectivity index is 2.13. The van der Waals surface area contributed by atoms with Crippen LogP contribution >= 0.6 is 0 Å². The van der Waals surface area contributed by atoms with Gasteiger partial charge in [0.25, 0.3) is 0 Å². The quantitative estimate of drug-likeness (QED) is 0.492. The molecule has 0 bridgehead atoms. The van der Waals surface area contributed by atoms with Crippen molar-refractivity contribution in [1.29, 1.82) is 0 Å². The zero-order valence-corrected chi connectivity index (χ0v) is 10.6. The lowest BCUT2D eigenvalue weighted by atomic mass is 10.1. The van der Waals surface area contributed by atoms with Crippen molar-refractivity contribution in [3.05, 3.63) is 35.9 Å². The Hall–Kier alpha value is -0.940. The molecule has 2 unspecified atom stereocenters. The van der Waals surface area contributed by atoms with Crippen LogP contribution in [0.4, 0.5) is 0 Å². The Morgan fingerprint density at radius 3 is 2.39 bits per heavy atom. The number of unbranched alkanes of at least 4 members (excludes halogenated alkanes) is 1. The van der Waals surface area contributed by atoms with E-state index in [4.69, 9.17) is 5.11 Å². The summed E-state index contributed by atoms with van der Waals surface area (Å²) in [6, 6.07) is 9.45. The smallest absolute Gasteiger partial charge is 0.0914 e. The van der Waals surface area contributed by atoms with E-state index in [1.165, 1.54) is 0 Å². The van der Waals surface area contributed by atoms with E-state index in [0.717, 1.165) is 18.4 Å². The molecule has 1 rings (SSSR count). The fraction of sp³-hybridized carbons (Fsp3) is 0.571. The van der Waals surface area contributed by atoms with Gasteiger partial charge >= 0.3 is 0 Å². The highest BCUT2D eigenvalue weighted by Crippen LogP contribution is 2.10. The van der Waals surface area contributed by atoms with Crippen molar-refractivity contribution in [3.8, 4) is 0 Å². The molecule has 0 spiro atoms. The molecule has 0 aromatic heterocycles. The second-order valence-electron chi connectivity index (χ2n) is 4.46. The highest BCUT2D eigenvalue weighted by Gasteiger charge is 2.08. The zero-order chi connectivity index (χ0) is 13.2. The molecule has 0 saturated carbocycles. The third kappa shape index (κ3) is 6.12. The van der Waals surface area contributed by atoms with Crippen molar-refractivity contribution in [1.82, 2.24) is 5.32 Å². The van der Waals surface area contributed by atoms with Crippen LogP contribution in [-0.4, -0.2) is 41.1 Å². The number of nitrogens with one attached hydrogen (secondary N) is 1. The van der Waals surface area contributed by atoms with Gasteiger partial charge in [0.1, 0.15) is 0 Å². The van der Waals surface area contributed by atoms with Gasteiger partial charge in [-0.25, -0.2) is 0 Å². The van der Waals surface area contributed by atoms with Crippen LogP contribution in [-0.2, 0) is 0 Å². The molecule has 0 aliphatic heterocycles. The van der Waals surface area contributed by atoms with Crippen LogP contribution < -0.4 is 5.32 Å². The summed E-state index contributed by atoms with van der Waals surface area (Å²) >= 11 is 0. The number of aliphatic hydroxyl groups is 3. The van der Waals surface area contributed by atoms with Crippen molar-refractivity contribution in [2.45, 2.75) is 31.5 Å². The van der Waals surface area contributed by atoms with Crippen LogP contribution in [0, 0.1) is 0 Å². The lowest BCUT2D eigenvalue weighted by Gasteiger charge is -2.15. The van der Waals surface area contributed by atoms with E-state index in [0.29, 0.717) is 19.5 Å². The third-order valence-electron chi connectivity index (χ3n) is 2.85. The monoisotopic (exact) mass is 253 g/mol. The van der Waals surface area contributed by atoms with E-state index in [1.54, 1.807) is 0 Å². The van der Waals surface area contributed by atoms with Gasteiger partial charge < -0.3 is 20.6 Å². The molecule has 4 nitrogen and oxygen atoms in total. The lowest BCUT2D eigenvalue weighted by molar-refractivity contribution is 0.137. The minimum atomic E-state index is -0.546. The Kier molecular flexibility index (Phi) is 7.60. The van der Waals surface area contributed by atoms with Crippen LogP contribution in [0.5, 0.6) is 0 Å². The molecule has 4 heteroatoms. The molecule has 2 atom stereocenters. The van der Waals surface area contributed by atoms with E-state index in [9.17, 15) is 10.2 Å². The van der Waals surface area contributed by atoms with Crippen molar-refractivity contribution in [3.63, 3.8) is 0 Å². The van der Waals surface area contributed by atoms with E-state index in [1.807, 2.05) is 30.3 Å². The van der Waals surface area contributed by atoms with Crippen LogP contribution in [0.2, 0.25) is 0 Å². The highest BCUT2D eigenvalue weighted by atomic mass is 16.3. The van der Waals surface area contributed by atoms with Crippen molar-refractivity contribution in [2.24, 2.45) is 0 Å². The van der Waals surface area contributed by atoms with Crippen LogP contribution in [0.15, 0.2) is 30.3 Å². The van der Waals surface area contributed by atoms with Gasteiger partial charge in [0, 0.05) is 19.7 Å². The molecule has 0 amide bonds. The number of benzene rings is 1. The summed E-state index contributed by atoms with van der Waals surface area (Å²) in [6.07, 6.45) is 1.26. The van der Waals surface area contributed by atoms with E-state index in [-0.39, 0.29) is 6.61 Å². The first kappa shape index (κ1) is 15.1. The van der Waals surface area contributed by atoms with E-state index in [2.05, 4.69) is 5.32 Å². The van der Waals surface area contributed by atoms with Crippen LogP contribution in [0.3, 0.4) is 0 Å². The molecule has 1 aromatic rings. The molecule has 0 aliphatic rings. The average Bonchev–Trinajstić information content (AvgIpc) is 2.40. The summed E-state index contributed by atoms with van der Waals surface area (Å²) in [5.41, 5.74) is 0.875. The van der Waals surface area contributed by atoms with Crippen LogP contribution in [0.1, 0.15) is 30.9 Å². The molecule has 102 valence electrons. The maximum Gasteiger partial charge on any atom is 0.0914 e. The van der Waals surface area contributed by atoms with Gasteiger partial charge in [0.15, 0.2) is 0 Å². The summed E-state index contributed by atoms with van der Waals surface area (Å²) < 4.78 is 0.